The van der Waals surface area contributed by atoms with E-state index < -0.39 is 52.4 Å². The number of allylic oxidation sites excluding steroid dienone is 4. The number of halogens is 1. The molecule has 3 fully saturated rings. The minimum Gasteiger partial charge on any atom is -0.390 e. The van der Waals surface area contributed by atoms with E-state index >= 15 is 4.39 Å². The molecule has 8 atom stereocenters. The molecular weight excluding hydrogens is 363 g/mol. The standard InChI is InChI=1S/C22H29FO5/c1-12-8-16-15-5-4-13-9-14(25)6-7-19(13,2)21(15,23)17(26)10-20(16,3)22(12,28)18(27)11-24/h6-7,9,12,15-17,24,26,28H,4-5,8,10-11H2,1-3H3/t12-,15+,16+,17+,19+,20?,21+,22+/m1/s1. The lowest BCUT2D eigenvalue weighted by molar-refractivity contribution is -0.219. The van der Waals surface area contributed by atoms with Crippen LogP contribution in [0.3, 0.4) is 0 Å². The minimum atomic E-state index is -1.98. The Bertz CT molecular complexity index is 805. The second kappa shape index (κ2) is 5.83. The molecule has 0 aromatic carbocycles. The molecule has 5 nitrogen and oxygen atoms in total. The van der Waals surface area contributed by atoms with Crippen molar-refractivity contribution in [3.05, 3.63) is 23.8 Å². The normalized spacial score (nSPS) is 52.5. The van der Waals surface area contributed by atoms with Crippen LogP contribution in [0.4, 0.5) is 4.39 Å². The Labute approximate surface area is 164 Å². The van der Waals surface area contributed by atoms with Gasteiger partial charge in [-0.25, -0.2) is 4.39 Å². The highest BCUT2D eigenvalue weighted by molar-refractivity contribution is 6.01. The molecule has 0 heterocycles. The molecule has 0 spiro atoms. The van der Waals surface area contributed by atoms with Gasteiger partial charge in [-0.05, 0) is 56.6 Å². The van der Waals surface area contributed by atoms with Crippen LogP contribution < -0.4 is 0 Å². The summed E-state index contributed by atoms with van der Waals surface area (Å²) in [7, 11) is 0. The van der Waals surface area contributed by atoms with E-state index in [0.29, 0.717) is 24.8 Å². The molecule has 0 aromatic rings. The molecule has 28 heavy (non-hydrogen) atoms. The molecule has 0 saturated heterocycles. The summed E-state index contributed by atoms with van der Waals surface area (Å²) in [5, 5.41) is 32.0. The summed E-state index contributed by atoms with van der Waals surface area (Å²) in [5.74, 6) is -2.12. The molecule has 3 N–H and O–H groups in total. The molecule has 0 aromatic heterocycles. The Morgan fingerprint density at radius 1 is 1.32 bits per heavy atom. The van der Waals surface area contributed by atoms with Gasteiger partial charge in [0, 0.05) is 16.7 Å². The van der Waals surface area contributed by atoms with Gasteiger partial charge in [0.25, 0.3) is 0 Å². The number of rotatable bonds is 2. The molecule has 0 aliphatic heterocycles. The molecular formula is C22H29FO5. The Hall–Kier alpha value is -1.37. The minimum absolute atomic E-state index is 0.0676. The molecule has 4 aliphatic rings. The number of carbonyl (C=O) groups excluding carboxylic acids is 2. The fourth-order valence-corrected chi connectivity index (χ4v) is 7.26. The Balaban J connectivity index is 1.84. The second-order valence-corrected chi connectivity index (χ2v) is 9.75. The lowest BCUT2D eigenvalue weighted by atomic mass is 9.44. The van der Waals surface area contributed by atoms with Crippen LogP contribution in [0, 0.1) is 28.6 Å². The van der Waals surface area contributed by atoms with Crippen molar-refractivity contribution in [2.45, 2.75) is 63.8 Å². The number of ketones is 2. The van der Waals surface area contributed by atoms with Crippen molar-refractivity contribution in [2.24, 2.45) is 28.6 Å². The first-order valence-corrected chi connectivity index (χ1v) is 10.1. The van der Waals surface area contributed by atoms with Gasteiger partial charge in [-0.3, -0.25) is 9.59 Å². The number of carbonyl (C=O) groups is 2. The lowest BCUT2D eigenvalue weighted by Gasteiger charge is -2.62. The van der Waals surface area contributed by atoms with E-state index in [0.717, 1.165) is 0 Å². The van der Waals surface area contributed by atoms with E-state index in [1.54, 1.807) is 26.8 Å². The summed E-state index contributed by atoms with van der Waals surface area (Å²) in [6, 6.07) is 0. The quantitative estimate of drug-likeness (QED) is 0.667. The summed E-state index contributed by atoms with van der Waals surface area (Å²) in [5.41, 5.74) is -5.17. The zero-order chi connectivity index (χ0) is 20.7. The van der Waals surface area contributed by atoms with E-state index in [4.69, 9.17) is 0 Å². The number of Topliss-reactive ketones (excluding diaryl/α,β-unsaturated/α-hetero) is 1. The largest absolute Gasteiger partial charge is 0.390 e. The molecule has 6 heteroatoms. The predicted molar refractivity (Wildman–Crippen MR) is 99.9 cm³/mol. The van der Waals surface area contributed by atoms with E-state index in [9.17, 15) is 24.9 Å². The number of aliphatic hydroxyl groups is 3. The number of aliphatic hydroxyl groups excluding tert-OH is 2. The highest BCUT2D eigenvalue weighted by Crippen LogP contribution is 2.70. The third-order valence-corrected chi connectivity index (χ3v) is 8.79. The van der Waals surface area contributed by atoms with E-state index in [1.165, 1.54) is 12.2 Å². The molecule has 1 unspecified atom stereocenters. The summed E-state index contributed by atoms with van der Waals surface area (Å²) in [6.45, 7) is 4.48. The first-order chi connectivity index (χ1) is 13.0. The zero-order valence-corrected chi connectivity index (χ0v) is 16.6. The van der Waals surface area contributed by atoms with Crippen molar-refractivity contribution in [2.75, 3.05) is 6.61 Å². The maximum Gasteiger partial charge on any atom is 0.190 e. The number of hydrogen-bond donors (Lipinski definition) is 3. The average molecular weight is 392 g/mol. The van der Waals surface area contributed by atoms with Crippen molar-refractivity contribution >= 4 is 11.6 Å². The van der Waals surface area contributed by atoms with Gasteiger partial charge in [0.05, 0.1) is 6.10 Å². The first kappa shape index (κ1) is 19.9. The van der Waals surface area contributed by atoms with Crippen molar-refractivity contribution in [1.82, 2.24) is 0 Å². The summed E-state index contributed by atoms with van der Waals surface area (Å²) in [4.78, 5) is 24.4. The van der Waals surface area contributed by atoms with Crippen LogP contribution >= 0.6 is 0 Å². The van der Waals surface area contributed by atoms with Gasteiger partial charge in [-0.2, -0.15) is 0 Å². The molecule has 154 valence electrons. The molecule has 4 rings (SSSR count). The van der Waals surface area contributed by atoms with Crippen molar-refractivity contribution in [3.8, 4) is 0 Å². The van der Waals surface area contributed by atoms with Crippen LogP contribution in [0.2, 0.25) is 0 Å². The first-order valence-electron chi connectivity index (χ1n) is 10.1. The van der Waals surface area contributed by atoms with Gasteiger partial charge in [0.1, 0.15) is 12.2 Å². The molecule has 4 aliphatic carbocycles. The maximum absolute atomic E-state index is 16.9. The van der Waals surface area contributed by atoms with Crippen LogP contribution in [0.15, 0.2) is 23.8 Å². The fraction of sp³-hybridized carbons (Fsp3) is 0.727. The topological polar surface area (TPSA) is 94.8 Å². The zero-order valence-electron chi connectivity index (χ0n) is 16.6. The Kier molecular flexibility index (Phi) is 4.15. The maximum atomic E-state index is 16.9. The summed E-state index contributed by atoms with van der Waals surface area (Å²) in [6.07, 6.45) is 4.44. The van der Waals surface area contributed by atoms with Crippen molar-refractivity contribution in [3.63, 3.8) is 0 Å². The SMILES string of the molecule is C[C@@H]1C[C@H]2[C@@H]3CCC4=CC(=O)C=C[C@]4(C)[C@@]3(F)[C@@H](O)CC2(C)[C@@]1(O)C(=O)CO. The molecule has 0 bridgehead atoms. The van der Waals surface area contributed by atoms with Gasteiger partial charge >= 0.3 is 0 Å². The van der Waals surface area contributed by atoms with Crippen molar-refractivity contribution in [1.29, 1.82) is 0 Å². The van der Waals surface area contributed by atoms with E-state index in [2.05, 4.69) is 0 Å². The highest BCUT2D eigenvalue weighted by Gasteiger charge is 2.75. The monoisotopic (exact) mass is 392 g/mol. The lowest BCUT2D eigenvalue weighted by Crippen LogP contribution is -2.69. The van der Waals surface area contributed by atoms with Crippen molar-refractivity contribution < 1.29 is 29.3 Å². The van der Waals surface area contributed by atoms with Crippen LogP contribution in [-0.4, -0.2) is 50.9 Å². The number of fused-ring (bicyclic) bond motifs is 5. The van der Waals surface area contributed by atoms with E-state index in [-0.39, 0.29) is 18.1 Å². The highest BCUT2D eigenvalue weighted by atomic mass is 19.1. The smallest absolute Gasteiger partial charge is 0.190 e. The van der Waals surface area contributed by atoms with Crippen LogP contribution in [0.25, 0.3) is 0 Å². The Morgan fingerprint density at radius 3 is 2.64 bits per heavy atom. The predicted octanol–water partition coefficient (Wildman–Crippen LogP) is 1.90. The summed E-state index contributed by atoms with van der Waals surface area (Å²) >= 11 is 0. The van der Waals surface area contributed by atoms with Gasteiger partial charge in [0.2, 0.25) is 0 Å². The molecule has 0 radical (unpaired) electrons. The van der Waals surface area contributed by atoms with Gasteiger partial charge in [-0.15, -0.1) is 0 Å². The second-order valence-electron chi connectivity index (χ2n) is 9.75. The van der Waals surface area contributed by atoms with Crippen LogP contribution in [-0.2, 0) is 9.59 Å². The number of hydrogen-bond acceptors (Lipinski definition) is 5. The van der Waals surface area contributed by atoms with Gasteiger partial charge < -0.3 is 15.3 Å². The summed E-state index contributed by atoms with van der Waals surface area (Å²) < 4.78 is 16.9. The van der Waals surface area contributed by atoms with Gasteiger partial charge in [0.15, 0.2) is 17.2 Å². The fourth-order valence-electron chi connectivity index (χ4n) is 7.26. The van der Waals surface area contributed by atoms with Gasteiger partial charge in [-0.1, -0.05) is 25.5 Å². The van der Waals surface area contributed by atoms with Crippen LogP contribution in [0.1, 0.15) is 46.5 Å². The number of alkyl halides is 1. The Morgan fingerprint density at radius 2 is 2.00 bits per heavy atom. The third-order valence-electron chi connectivity index (χ3n) is 8.79. The van der Waals surface area contributed by atoms with Crippen LogP contribution in [0.5, 0.6) is 0 Å². The third kappa shape index (κ3) is 2.01. The van der Waals surface area contributed by atoms with E-state index in [1.807, 2.05) is 0 Å². The molecule has 3 saturated carbocycles. The molecule has 0 amide bonds. The average Bonchev–Trinajstić information content (AvgIpc) is 2.84.